The first-order valence-corrected chi connectivity index (χ1v) is 13.8. The predicted octanol–water partition coefficient (Wildman–Crippen LogP) is 8.71. The summed E-state index contributed by atoms with van der Waals surface area (Å²) in [7, 11) is 0. The van der Waals surface area contributed by atoms with E-state index in [1.165, 1.54) is 11.3 Å². The summed E-state index contributed by atoms with van der Waals surface area (Å²) in [6.45, 7) is 0. The van der Waals surface area contributed by atoms with Gasteiger partial charge in [0.05, 0.1) is 11.6 Å². The van der Waals surface area contributed by atoms with E-state index in [2.05, 4.69) is 11.0 Å². The van der Waals surface area contributed by atoms with Gasteiger partial charge in [-0.1, -0.05) is 72.8 Å². The van der Waals surface area contributed by atoms with E-state index in [0.29, 0.717) is 22.3 Å². The summed E-state index contributed by atoms with van der Waals surface area (Å²) in [5, 5.41) is 25.7. The zero-order valence-electron chi connectivity index (χ0n) is 21.3. The maximum Gasteiger partial charge on any atom is 0.193 e. The second kappa shape index (κ2) is 9.62. The van der Waals surface area contributed by atoms with Crippen LogP contribution in [0.3, 0.4) is 0 Å². The van der Waals surface area contributed by atoms with Crippen molar-refractivity contribution in [2.75, 3.05) is 4.90 Å². The van der Waals surface area contributed by atoms with E-state index in [0.717, 1.165) is 42.8 Å². The molecule has 0 saturated heterocycles. The molecule has 1 heterocycles. The first-order chi connectivity index (χ1) is 19.6. The molecule has 5 heteroatoms. The number of carbonyl (C=O) groups is 1. The molecule has 0 fully saturated rings. The molecule has 5 aromatic carbocycles. The molecular formula is C35H22N2O2S. The number of aliphatic hydroxyl groups is 1. The number of benzene rings is 5. The first kappa shape index (κ1) is 24.1. The Morgan fingerprint density at radius 2 is 1.40 bits per heavy atom. The summed E-state index contributed by atoms with van der Waals surface area (Å²) in [6.07, 6.45) is 0.805. The molecule has 0 amide bonds. The van der Waals surface area contributed by atoms with Crippen LogP contribution in [0.1, 0.15) is 32.5 Å². The fourth-order valence-electron chi connectivity index (χ4n) is 5.65. The molecule has 1 aromatic heterocycles. The molecule has 1 unspecified atom stereocenters. The number of carbonyl (C=O) groups excluding carboxylic acids is 1. The van der Waals surface area contributed by atoms with Crippen molar-refractivity contribution in [3.63, 3.8) is 0 Å². The number of hydrogen-bond acceptors (Lipinski definition) is 5. The third kappa shape index (κ3) is 3.82. The predicted molar refractivity (Wildman–Crippen MR) is 162 cm³/mol. The highest BCUT2D eigenvalue weighted by Gasteiger charge is 2.37. The van der Waals surface area contributed by atoms with Gasteiger partial charge in [0.25, 0.3) is 0 Å². The molecule has 4 nitrogen and oxygen atoms in total. The van der Waals surface area contributed by atoms with Crippen molar-refractivity contribution < 1.29 is 9.90 Å². The van der Waals surface area contributed by atoms with E-state index in [4.69, 9.17) is 0 Å². The van der Waals surface area contributed by atoms with E-state index in [9.17, 15) is 15.2 Å². The van der Waals surface area contributed by atoms with E-state index in [-0.39, 0.29) is 5.78 Å². The van der Waals surface area contributed by atoms with Gasteiger partial charge in [-0.25, -0.2) is 0 Å². The summed E-state index contributed by atoms with van der Waals surface area (Å²) < 4.78 is 0. The minimum absolute atomic E-state index is 0.138. The number of hydrogen-bond donors (Lipinski definition) is 1. The van der Waals surface area contributed by atoms with Crippen LogP contribution in [0.5, 0.6) is 0 Å². The van der Waals surface area contributed by atoms with Crippen LogP contribution in [0.4, 0.5) is 16.4 Å². The molecule has 1 atom stereocenters. The fraction of sp³-hybridized carbons (Fsp3) is 0.0286. The van der Waals surface area contributed by atoms with Gasteiger partial charge >= 0.3 is 0 Å². The lowest BCUT2D eigenvalue weighted by molar-refractivity contribution is 0.102. The smallest absolute Gasteiger partial charge is 0.193 e. The number of aliphatic hydroxyl groups excluding tert-OH is 1. The summed E-state index contributed by atoms with van der Waals surface area (Å²) in [4.78, 5) is 16.8. The second-order valence-electron chi connectivity index (χ2n) is 9.72. The van der Waals surface area contributed by atoms with Crippen molar-refractivity contribution in [1.29, 1.82) is 5.26 Å². The number of nitrogens with zero attached hydrogens (tertiary/aromatic N) is 2. The number of ketones is 1. The van der Waals surface area contributed by atoms with Crippen molar-refractivity contribution >= 4 is 61.1 Å². The van der Waals surface area contributed by atoms with Crippen LogP contribution in [-0.2, 0) is 0 Å². The van der Waals surface area contributed by atoms with Crippen LogP contribution < -0.4 is 4.90 Å². The van der Waals surface area contributed by atoms with Crippen LogP contribution >= 0.6 is 11.3 Å². The molecule has 6 aromatic rings. The molecular weight excluding hydrogens is 512 g/mol. The van der Waals surface area contributed by atoms with Crippen LogP contribution in [0.2, 0.25) is 0 Å². The molecule has 1 N–H and O–H groups in total. The average Bonchev–Trinajstić information content (AvgIpc) is 3.56. The van der Waals surface area contributed by atoms with E-state index >= 15 is 0 Å². The number of thiophene rings is 1. The lowest BCUT2D eigenvalue weighted by Crippen LogP contribution is -2.08. The van der Waals surface area contributed by atoms with Gasteiger partial charge in [-0.2, -0.15) is 5.26 Å². The van der Waals surface area contributed by atoms with Crippen LogP contribution in [-0.4, -0.2) is 10.9 Å². The van der Waals surface area contributed by atoms with Gasteiger partial charge in [0.15, 0.2) is 5.78 Å². The minimum atomic E-state index is -1.01. The Labute approximate surface area is 235 Å². The number of fused-ring (bicyclic) bond motifs is 6. The van der Waals surface area contributed by atoms with Crippen LogP contribution in [0.15, 0.2) is 121 Å². The zero-order chi connectivity index (χ0) is 27.2. The highest BCUT2D eigenvalue weighted by molar-refractivity contribution is 7.17. The second-order valence-corrected chi connectivity index (χ2v) is 10.8. The normalized spacial score (nSPS) is 15.4. The van der Waals surface area contributed by atoms with Crippen LogP contribution in [0, 0.1) is 11.3 Å². The molecule has 0 saturated carbocycles. The highest BCUT2D eigenvalue weighted by atomic mass is 32.1. The molecule has 1 aliphatic carbocycles. The number of para-hydroxylation sites is 1. The Morgan fingerprint density at radius 3 is 2.15 bits per heavy atom. The van der Waals surface area contributed by atoms with E-state index < -0.39 is 6.10 Å². The standard InChI is InChI=1S/C35H22N2O2S/c36-21-22-9-8-12-24(19-22)37(23-10-2-1-3-11-23)31-18-17-25(40-31)20-30-34(38)32-28-15-6-4-13-26(28)27-14-5-7-16-29(27)33(32)35(30)39/h1-20,34,38H/b30-20-. The van der Waals surface area contributed by atoms with Crippen molar-refractivity contribution in [1.82, 2.24) is 0 Å². The molecule has 190 valence electrons. The Bertz CT molecular complexity index is 2020. The first-order valence-electron chi connectivity index (χ1n) is 13.0. The maximum absolute atomic E-state index is 13.9. The van der Waals surface area contributed by atoms with Gasteiger partial charge in [0.1, 0.15) is 11.1 Å². The molecule has 0 radical (unpaired) electrons. The topological polar surface area (TPSA) is 64.3 Å². The Hall–Kier alpha value is -5.02. The number of anilines is 3. The zero-order valence-corrected chi connectivity index (χ0v) is 22.1. The maximum atomic E-state index is 13.9. The number of Topliss-reactive ketones (excluding diaryl/α,β-unsaturated/α-hetero) is 1. The van der Waals surface area contributed by atoms with Gasteiger partial charge in [0.2, 0.25) is 0 Å². The van der Waals surface area contributed by atoms with Crippen molar-refractivity contribution in [3.8, 4) is 6.07 Å². The summed E-state index contributed by atoms with van der Waals surface area (Å²) in [5.74, 6) is -0.138. The molecule has 0 aliphatic heterocycles. The third-order valence-corrected chi connectivity index (χ3v) is 8.43. The summed E-state index contributed by atoms with van der Waals surface area (Å²) in [6, 6.07) is 39.5. The molecule has 7 rings (SSSR count). The minimum Gasteiger partial charge on any atom is -0.383 e. The number of nitriles is 1. The van der Waals surface area contributed by atoms with Crippen molar-refractivity contribution in [2.24, 2.45) is 0 Å². The molecule has 0 spiro atoms. The lowest BCUT2D eigenvalue weighted by Gasteiger charge is -2.23. The Morgan fingerprint density at radius 1 is 0.750 bits per heavy atom. The van der Waals surface area contributed by atoms with Gasteiger partial charge in [-0.05, 0) is 70.1 Å². The molecule has 1 aliphatic rings. The van der Waals surface area contributed by atoms with Crippen molar-refractivity contribution in [3.05, 3.63) is 142 Å². The van der Waals surface area contributed by atoms with E-state index in [1.54, 1.807) is 6.07 Å². The SMILES string of the molecule is N#Cc1cccc(N(c2ccccc2)c2ccc(/C=C3\C(=O)c4c(c5ccccc5c5ccccc45)C3O)s2)c1. The summed E-state index contributed by atoms with van der Waals surface area (Å²) >= 11 is 1.52. The third-order valence-electron chi connectivity index (χ3n) is 7.41. The van der Waals surface area contributed by atoms with Gasteiger partial charge in [-0.15, -0.1) is 11.3 Å². The lowest BCUT2D eigenvalue weighted by atomic mass is 9.92. The molecule has 0 bridgehead atoms. The van der Waals surface area contributed by atoms with E-state index in [1.807, 2.05) is 115 Å². The fourth-order valence-corrected chi connectivity index (χ4v) is 6.66. The van der Waals surface area contributed by atoms with Crippen molar-refractivity contribution in [2.45, 2.75) is 6.10 Å². The highest BCUT2D eigenvalue weighted by Crippen LogP contribution is 2.46. The Kier molecular flexibility index (Phi) is 5.78. The molecule has 40 heavy (non-hydrogen) atoms. The van der Waals surface area contributed by atoms with Gasteiger partial charge in [0, 0.05) is 33.0 Å². The number of rotatable bonds is 4. The monoisotopic (exact) mass is 534 g/mol. The average molecular weight is 535 g/mol. The Balaban J connectivity index is 1.34. The van der Waals surface area contributed by atoms with Gasteiger partial charge < -0.3 is 10.0 Å². The largest absolute Gasteiger partial charge is 0.383 e. The quantitative estimate of drug-likeness (QED) is 0.181. The summed E-state index contributed by atoms with van der Waals surface area (Å²) in [5.41, 5.74) is 4.05. The van der Waals surface area contributed by atoms with Crippen LogP contribution in [0.25, 0.3) is 27.6 Å². The van der Waals surface area contributed by atoms with Gasteiger partial charge in [-0.3, -0.25) is 4.79 Å².